The fourth-order valence-electron chi connectivity index (χ4n) is 2.83. The van der Waals surface area contributed by atoms with Crippen molar-refractivity contribution in [1.29, 1.82) is 0 Å². The van der Waals surface area contributed by atoms with Gasteiger partial charge in [-0.25, -0.2) is 4.79 Å². The molecule has 24 heavy (non-hydrogen) atoms. The average Bonchev–Trinajstić information content (AvgIpc) is 2.82. The van der Waals surface area contributed by atoms with Crippen LogP contribution in [-0.4, -0.2) is 42.1 Å². The normalized spacial score (nSPS) is 16.1. The Morgan fingerprint density at radius 2 is 1.92 bits per heavy atom. The van der Waals surface area contributed by atoms with Gasteiger partial charge in [0, 0.05) is 25.2 Å². The van der Waals surface area contributed by atoms with E-state index in [9.17, 15) is 9.59 Å². The monoisotopic (exact) mass is 336 g/mol. The van der Waals surface area contributed by atoms with Gasteiger partial charge in [-0.2, -0.15) is 0 Å². The Kier molecular flexibility index (Phi) is 5.57. The van der Waals surface area contributed by atoms with Gasteiger partial charge in [-0.15, -0.1) is 0 Å². The van der Waals surface area contributed by atoms with Gasteiger partial charge in [0.25, 0.3) is 5.91 Å². The Bertz CT molecular complexity index is 593. The van der Waals surface area contributed by atoms with E-state index >= 15 is 0 Å². The summed E-state index contributed by atoms with van der Waals surface area (Å²) >= 11 is 0. The van der Waals surface area contributed by atoms with Crippen LogP contribution in [0.2, 0.25) is 0 Å². The molecule has 6 nitrogen and oxygen atoms in total. The molecule has 2 heterocycles. The molecule has 0 unspecified atom stereocenters. The molecule has 1 aromatic heterocycles. The van der Waals surface area contributed by atoms with Crippen molar-refractivity contribution in [1.82, 2.24) is 10.2 Å². The number of likely N-dealkylation sites (tertiary alicyclic amines) is 1. The maximum absolute atomic E-state index is 12.2. The van der Waals surface area contributed by atoms with Crippen LogP contribution in [0.1, 0.15) is 55.5 Å². The molecule has 1 N–H and O–H groups in total. The molecule has 1 fully saturated rings. The highest BCUT2D eigenvalue weighted by Crippen LogP contribution is 2.20. The van der Waals surface area contributed by atoms with Crippen molar-refractivity contribution in [3.05, 3.63) is 23.2 Å². The minimum Gasteiger partial charge on any atom is -0.456 e. The summed E-state index contributed by atoms with van der Waals surface area (Å²) in [6.45, 7) is 11.2. The van der Waals surface area contributed by atoms with Crippen LogP contribution in [0.4, 0.5) is 4.79 Å². The number of nitrogens with one attached hydrogen (secondary N) is 1. The Hall–Kier alpha value is -1.98. The third-order valence-electron chi connectivity index (χ3n) is 4.06. The molecule has 0 spiro atoms. The Morgan fingerprint density at radius 1 is 1.29 bits per heavy atom. The van der Waals surface area contributed by atoms with Crippen molar-refractivity contribution in [2.24, 2.45) is 5.92 Å². The average molecular weight is 336 g/mol. The van der Waals surface area contributed by atoms with E-state index in [4.69, 9.17) is 9.15 Å². The number of carbonyl (C=O) groups excluding carboxylic acids is 2. The summed E-state index contributed by atoms with van der Waals surface area (Å²) in [5.74, 6) is 1.32. The first-order valence-electron chi connectivity index (χ1n) is 8.49. The van der Waals surface area contributed by atoms with Crippen LogP contribution in [0.5, 0.6) is 0 Å². The zero-order valence-corrected chi connectivity index (χ0v) is 15.3. The van der Waals surface area contributed by atoms with Crippen molar-refractivity contribution in [2.45, 2.75) is 53.1 Å². The summed E-state index contributed by atoms with van der Waals surface area (Å²) in [5.41, 5.74) is 0.380. The fraction of sp³-hybridized carbons (Fsp3) is 0.667. The second-order valence-corrected chi connectivity index (χ2v) is 7.49. The van der Waals surface area contributed by atoms with Crippen LogP contribution in [0.25, 0.3) is 0 Å². The quantitative estimate of drug-likeness (QED) is 0.919. The molecule has 0 saturated carbocycles. The van der Waals surface area contributed by atoms with Gasteiger partial charge >= 0.3 is 6.09 Å². The Morgan fingerprint density at radius 3 is 2.42 bits per heavy atom. The minimum atomic E-state index is -0.471. The van der Waals surface area contributed by atoms with Gasteiger partial charge in [0.05, 0.1) is 0 Å². The summed E-state index contributed by atoms with van der Waals surface area (Å²) in [6.07, 6.45) is 1.46. The van der Waals surface area contributed by atoms with E-state index in [0.29, 0.717) is 31.3 Å². The molecule has 1 saturated heterocycles. The lowest BCUT2D eigenvalue weighted by Gasteiger charge is -2.33. The third kappa shape index (κ3) is 5.01. The number of hydrogen-bond donors (Lipinski definition) is 1. The van der Waals surface area contributed by atoms with Gasteiger partial charge in [0.2, 0.25) is 0 Å². The van der Waals surface area contributed by atoms with Crippen LogP contribution in [-0.2, 0) is 4.74 Å². The van der Waals surface area contributed by atoms with E-state index in [1.165, 1.54) is 0 Å². The van der Waals surface area contributed by atoms with E-state index < -0.39 is 5.60 Å². The van der Waals surface area contributed by atoms with Crippen LogP contribution in [0.15, 0.2) is 10.5 Å². The van der Waals surface area contributed by atoms with E-state index in [-0.39, 0.29) is 12.0 Å². The van der Waals surface area contributed by atoms with E-state index in [1.807, 2.05) is 40.7 Å². The zero-order chi connectivity index (χ0) is 17.9. The van der Waals surface area contributed by atoms with Crippen molar-refractivity contribution >= 4 is 12.0 Å². The van der Waals surface area contributed by atoms with Crippen LogP contribution in [0.3, 0.4) is 0 Å². The highest BCUT2D eigenvalue weighted by molar-refractivity contribution is 5.92. The SMILES string of the molecule is Cc1cc(C)c(C(=O)NCC2CCN(C(=O)OC(C)(C)C)CC2)o1. The predicted molar refractivity (Wildman–Crippen MR) is 91.0 cm³/mol. The molecule has 134 valence electrons. The summed E-state index contributed by atoms with van der Waals surface area (Å²) in [4.78, 5) is 25.9. The molecule has 0 bridgehead atoms. The number of furan rings is 1. The number of carbonyl (C=O) groups is 2. The molecule has 0 aliphatic carbocycles. The van der Waals surface area contributed by atoms with Gasteiger partial charge in [-0.1, -0.05) is 0 Å². The van der Waals surface area contributed by atoms with Crippen molar-refractivity contribution in [2.75, 3.05) is 19.6 Å². The summed E-state index contributed by atoms with van der Waals surface area (Å²) in [6, 6.07) is 1.86. The molecule has 1 aliphatic rings. The molecule has 1 aromatic rings. The third-order valence-corrected chi connectivity index (χ3v) is 4.06. The summed E-state index contributed by atoms with van der Waals surface area (Å²) in [5, 5.41) is 2.94. The highest BCUT2D eigenvalue weighted by Gasteiger charge is 2.27. The minimum absolute atomic E-state index is 0.171. The molecule has 1 aliphatic heterocycles. The molecule has 0 atom stereocenters. The molecule has 0 aromatic carbocycles. The number of nitrogens with zero attached hydrogens (tertiary/aromatic N) is 1. The first kappa shape index (κ1) is 18.4. The van der Waals surface area contributed by atoms with Gasteiger partial charge in [0.1, 0.15) is 11.4 Å². The second-order valence-electron chi connectivity index (χ2n) is 7.49. The summed E-state index contributed by atoms with van der Waals surface area (Å²) < 4.78 is 10.8. The lowest BCUT2D eigenvalue weighted by molar-refractivity contribution is 0.0183. The molecular weight excluding hydrogens is 308 g/mol. The van der Waals surface area contributed by atoms with E-state index in [1.54, 1.807) is 4.90 Å². The van der Waals surface area contributed by atoms with Crippen molar-refractivity contribution in [3.8, 4) is 0 Å². The standard InChI is InChI=1S/C18H28N2O4/c1-12-10-13(2)23-15(12)16(21)19-11-14-6-8-20(9-7-14)17(22)24-18(3,4)5/h10,14H,6-9,11H2,1-5H3,(H,19,21). The van der Waals surface area contributed by atoms with Gasteiger partial charge in [-0.3, -0.25) is 4.79 Å². The number of ether oxygens (including phenoxy) is 1. The Balaban J connectivity index is 1.76. The number of piperidine rings is 1. The zero-order valence-electron chi connectivity index (χ0n) is 15.3. The molecule has 6 heteroatoms. The Labute approximate surface area is 143 Å². The molecule has 0 radical (unpaired) electrons. The van der Waals surface area contributed by atoms with E-state index in [0.717, 1.165) is 24.2 Å². The maximum atomic E-state index is 12.2. The van der Waals surface area contributed by atoms with Gasteiger partial charge in [0.15, 0.2) is 5.76 Å². The first-order chi connectivity index (χ1) is 11.2. The van der Waals surface area contributed by atoms with Crippen molar-refractivity contribution in [3.63, 3.8) is 0 Å². The predicted octanol–water partition coefficient (Wildman–Crippen LogP) is 3.27. The largest absolute Gasteiger partial charge is 0.456 e. The molecule has 2 rings (SSSR count). The maximum Gasteiger partial charge on any atom is 0.410 e. The number of hydrogen-bond acceptors (Lipinski definition) is 4. The van der Waals surface area contributed by atoms with Crippen LogP contribution in [0, 0.1) is 19.8 Å². The first-order valence-corrected chi connectivity index (χ1v) is 8.49. The lowest BCUT2D eigenvalue weighted by Crippen LogP contribution is -2.43. The van der Waals surface area contributed by atoms with Gasteiger partial charge in [-0.05, 0) is 59.4 Å². The fourth-order valence-corrected chi connectivity index (χ4v) is 2.83. The lowest BCUT2D eigenvalue weighted by atomic mass is 9.97. The topological polar surface area (TPSA) is 71.8 Å². The van der Waals surface area contributed by atoms with Crippen LogP contribution < -0.4 is 5.32 Å². The van der Waals surface area contributed by atoms with Crippen LogP contribution >= 0.6 is 0 Å². The second kappa shape index (κ2) is 7.28. The molecular formula is C18H28N2O4. The smallest absolute Gasteiger partial charge is 0.410 e. The number of amides is 2. The van der Waals surface area contributed by atoms with E-state index in [2.05, 4.69) is 5.32 Å². The summed E-state index contributed by atoms with van der Waals surface area (Å²) in [7, 11) is 0. The number of aryl methyl sites for hydroxylation is 2. The van der Waals surface area contributed by atoms with Gasteiger partial charge < -0.3 is 19.4 Å². The van der Waals surface area contributed by atoms with Crippen molar-refractivity contribution < 1.29 is 18.7 Å². The molecule has 2 amide bonds. The number of rotatable bonds is 3. The highest BCUT2D eigenvalue weighted by atomic mass is 16.6.